The van der Waals surface area contributed by atoms with Crippen LogP contribution in [0.5, 0.6) is 0 Å². The van der Waals surface area contributed by atoms with Gasteiger partial charge in [-0.25, -0.2) is 9.59 Å². The van der Waals surface area contributed by atoms with Crippen LogP contribution in [-0.4, -0.2) is 41.1 Å². The standard InChI is InChI=1S/C20H22ClNO6/c1-5-22-11(4)17(27-20(25)26-10(2)3)14(12-8-6-7-9-13(12)21)15-16(22)19(24)28-18(15)23/h6-10,14,19,24H,5H2,1-4H3. The number of carbonyl (C=O) groups excluding carboxylic acids is 2. The van der Waals surface area contributed by atoms with Crippen molar-refractivity contribution < 1.29 is 28.9 Å². The Labute approximate surface area is 168 Å². The van der Waals surface area contributed by atoms with Crippen molar-refractivity contribution in [2.75, 3.05) is 6.54 Å². The first-order valence-corrected chi connectivity index (χ1v) is 9.38. The van der Waals surface area contributed by atoms with Gasteiger partial charge in [-0.15, -0.1) is 0 Å². The Hall–Kier alpha value is -2.51. The molecule has 1 aromatic carbocycles. The van der Waals surface area contributed by atoms with Crippen molar-refractivity contribution in [2.45, 2.75) is 46.0 Å². The summed E-state index contributed by atoms with van der Waals surface area (Å²) in [5.74, 6) is -1.28. The lowest BCUT2D eigenvalue weighted by Gasteiger charge is -2.35. The maximum Gasteiger partial charge on any atom is 0.513 e. The molecule has 0 saturated carbocycles. The van der Waals surface area contributed by atoms with E-state index in [0.29, 0.717) is 28.5 Å². The van der Waals surface area contributed by atoms with Crippen LogP contribution in [0, 0.1) is 0 Å². The van der Waals surface area contributed by atoms with Gasteiger partial charge in [0.05, 0.1) is 29.0 Å². The van der Waals surface area contributed by atoms with E-state index in [2.05, 4.69) is 0 Å². The second kappa shape index (κ2) is 7.85. The molecule has 8 heteroatoms. The number of esters is 1. The first kappa shape index (κ1) is 20.2. The van der Waals surface area contributed by atoms with Gasteiger partial charge in [0.25, 0.3) is 0 Å². The number of cyclic esters (lactones) is 1. The normalized spacial score (nSPS) is 21.8. The van der Waals surface area contributed by atoms with Crippen LogP contribution in [0.15, 0.2) is 47.0 Å². The fourth-order valence-corrected chi connectivity index (χ4v) is 3.75. The van der Waals surface area contributed by atoms with E-state index < -0.39 is 24.3 Å². The van der Waals surface area contributed by atoms with Crippen molar-refractivity contribution in [3.63, 3.8) is 0 Å². The third-order valence-electron chi connectivity index (χ3n) is 4.61. The fourth-order valence-electron chi connectivity index (χ4n) is 3.51. The van der Waals surface area contributed by atoms with Gasteiger partial charge in [-0.3, -0.25) is 0 Å². The third kappa shape index (κ3) is 3.47. The van der Waals surface area contributed by atoms with Crippen molar-refractivity contribution in [3.8, 4) is 0 Å². The van der Waals surface area contributed by atoms with Crippen LogP contribution in [0.25, 0.3) is 0 Å². The average molecular weight is 408 g/mol. The number of nitrogens with zero attached hydrogens (tertiary/aromatic N) is 1. The first-order chi connectivity index (χ1) is 13.3. The van der Waals surface area contributed by atoms with Crippen LogP contribution in [0.3, 0.4) is 0 Å². The third-order valence-corrected chi connectivity index (χ3v) is 4.95. The molecule has 1 N–H and O–H groups in total. The number of hydrogen-bond acceptors (Lipinski definition) is 7. The Balaban J connectivity index is 2.18. The molecule has 0 aliphatic carbocycles. The number of likely N-dealkylation sites (N-methyl/N-ethyl adjacent to an activating group) is 1. The maximum atomic E-state index is 12.6. The predicted molar refractivity (Wildman–Crippen MR) is 101 cm³/mol. The summed E-state index contributed by atoms with van der Waals surface area (Å²) < 4.78 is 15.7. The largest absolute Gasteiger partial charge is 0.513 e. The minimum Gasteiger partial charge on any atom is -0.431 e. The molecule has 2 unspecified atom stereocenters. The van der Waals surface area contributed by atoms with Crippen molar-refractivity contribution >= 4 is 23.7 Å². The monoisotopic (exact) mass is 407 g/mol. The second-order valence-electron chi connectivity index (χ2n) is 6.72. The van der Waals surface area contributed by atoms with Gasteiger partial charge in [0, 0.05) is 11.6 Å². The molecule has 0 aromatic heterocycles. The highest BCUT2D eigenvalue weighted by molar-refractivity contribution is 6.31. The molecule has 3 rings (SSSR count). The van der Waals surface area contributed by atoms with Crippen LogP contribution < -0.4 is 0 Å². The highest BCUT2D eigenvalue weighted by atomic mass is 35.5. The molecule has 0 radical (unpaired) electrons. The smallest absolute Gasteiger partial charge is 0.431 e. The van der Waals surface area contributed by atoms with Gasteiger partial charge in [-0.05, 0) is 39.3 Å². The Kier molecular flexibility index (Phi) is 5.67. The Morgan fingerprint density at radius 3 is 2.64 bits per heavy atom. The van der Waals surface area contributed by atoms with Crippen LogP contribution in [0.1, 0.15) is 39.2 Å². The number of aliphatic hydroxyl groups is 1. The fraction of sp³-hybridized carbons (Fsp3) is 0.400. The van der Waals surface area contributed by atoms with Gasteiger partial charge < -0.3 is 24.2 Å². The number of halogens is 1. The molecule has 0 bridgehead atoms. The van der Waals surface area contributed by atoms with Crippen molar-refractivity contribution in [1.82, 2.24) is 4.90 Å². The van der Waals surface area contributed by atoms with E-state index in [4.69, 9.17) is 25.8 Å². The van der Waals surface area contributed by atoms with E-state index >= 15 is 0 Å². The number of carbonyl (C=O) groups is 2. The van der Waals surface area contributed by atoms with Gasteiger partial charge in [-0.1, -0.05) is 29.8 Å². The highest BCUT2D eigenvalue weighted by Crippen LogP contribution is 2.47. The molecular weight excluding hydrogens is 386 g/mol. The maximum absolute atomic E-state index is 12.6. The SMILES string of the molecule is CCN1C(C)=C(OC(=O)OC(C)C)C(c2ccccc2Cl)C2=C1C(O)OC2=O. The molecule has 2 aliphatic rings. The Morgan fingerprint density at radius 1 is 1.36 bits per heavy atom. The van der Waals surface area contributed by atoms with E-state index in [0.717, 1.165) is 0 Å². The zero-order valence-corrected chi connectivity index (χ0v) is 16.8. The van der Waals surface area contributed by atoms with Gasteiger partial charge >= 0.3 is 12.1 Å². The summed E-state index contributed by atoms with van der Waals surface area (Å²) in [5.41, 5.74) is 1.65. The molecule has 0 amide bonds. The summed E-state index contributed by atoms with van der Waals surface area (Å²) in [4.78, 5) is 26.5. The van der Waals surface area contributed by atoms with Crippen LogP contribution >= 0.6 is 11.6 Å². The van der Waals surface area contributed by atoms with E-state index in [1.54, 1.807) is 49.9 Å². The number of ether oxygens (including phenoxy) is 3. The molecule has 28 heavy (non-hydrogen) atoms. The molecular formula is C20H22ClNO6. The molecule has 7 nitrogen and oxygen atoms in total. The van der Waals surface area contributed by atoms with Crippen LogP contribution in [-0.2, 0) is 19.0 Å². The number of benzene rings is 1. The molecule has 0 fully saturated rings. The predicted octanol–water partition coefficient (Wildman–Crippen LogP) is 3.68. The number of rotatable bonds is 4. The van der Waals surface area contributed by atoms with Crippen LogP contribution in [0.2, 0.25) is 5.02 Å². The van der Waals surface area contributed by atoms with E-state index in [1.807, 2.05) is 6.92 Å². The van der Waals surface area contributed by atoms with Crippen LogP contribution in [0.4, 0.5) is 4.79 Å². The van der Waals surface area contributed by atoms with E-state index in [9.17, 15) is 14.7 Å². The quantitative estimate of drug-likeness (QED) is 0.762. The molecule has 2 heterocycles. The number of aliphatic hydroxyl groups excluding tert-OH is 1. The molecule has 1 aromatic rings. The summed E-state index contributed by atoms with van der Waals surface area (Å²) in [6.45, 7) is 7.44. The summed E-state index contributed by atoms with van der Waals surface area (Å²) in [5, 5.41) is 10.7. The summed E-state index contributed by atoms with van der Waals surface area (Å²) in [6.07, 6.45) is -2.65. The Morgan fingerprint density at radius 2 is 2.04 bits per heavy atom. The minimum atomic E-state index is -1.40. The van der Waals surface area contributed by atoms with Gasteiger partial charge in [0.1, 0.15) is 5.76 Å². The number of hydrogen-bond donors (Lipinski definition) is 1. The zero-order chi connectivity index (χ0) is 20.6. The first-order valence-electron chi connectivity index (χ1n) is 9.00. The molecule has 150 valence electrons. The van der Waals surface area contributed by atoms with Gasteiger partial charge in [-0.2, -0.15) is 0 Å². The molecule has 0 saturated heterocycles. The molecule has 0 spiro atoms. The minimum absolute atomic E-state index is 0.195. The molecule has 2 aliphatic heterocycles. The van der Waals surface area contributed by atoms with Crippen molar-refractivity contribution in [2.24, 2.45) is 0 Å². The lowest BCUT2D eigenvalue weighted by molar-refractivity contribution is -0.153. The number of allylic oxidation sites excluding steroid dienone is 2. The summed E-state index contributed by atoms with van der Waals surface area (Å²) in [7, 11) is 0. The topological polar surface area (TPSA) is 85.3 Å². The Bertz CT molecular complexity index is 875. The zero-order valence-electron chi connectivity index (χ0n) is 16.1. The average Bonchev–Trinajstić information content (AvgIpc) is 2.90. The second-order valence-corrected chi connectivity index (χ2v) is 7.13. The van der Waals surface area contributed by atoms with E-state index in [1.165, 1.54) is 0 Å². The lowest BCUT2D eigenvalue weighted by Crippen LogP contribution is -2.34. The van der Waals surface area contributed by atoms with Crippen molar-refractivity contribution in [3.05, 3.63) is 57.6 Å². The highest BCUT2D eigenvalue weighted by Gasteiger charge is 2.48. The van der Waals surface area contributed by atoms with Gasteiger partial charge in [0.2, 0.25) is 6.29 Å². The summed E-state index contributed by atoms with van der Waals surface area (Å²) in [6, 6.07) is 6.94. The summed E-state index contributed by atoms with van der Waals surface area (Å²) >= 11 is 6.39. The van der Waals surface area contributed by atoms with Gasteiger partial charge in [0.15, 0.2) is 0 Å². The lowest BCUT2D eigenvalue weighted by atomic mass is 9.84. The van der Waals surface area contributed by atoms with E-state index in [-0.39, 0.29) is 17.4 Å². The molecule has 2 atom stereocenters. The van der Waals surface area contributed by atoms with Crippen molar-refractivity contribution in [1.29, 1.82) is 0 Å².